The number of likely N-dealkylation sites (tertiary alicyclic amines) is 1. The van der Waals surface area contributed by atoms with E-state index in [1.165, 1.54) is 0 Å². The quantitative estimate of drug-likeness (QED) is 0.602. The van der Waals surface area contributed by atoms with Crippen LogP contribution in [0.15, 0.2) is 18.2 Å². The molecule has 1 atom stereocenters. The molecule has 0 radical (unpaired) electrons. The van der Waals surface area contributed by atoms with Crippen molar-refractivity contribution in [1.82, 2.24) is 20.4 Å². The van der Waals surface area contributed by atoms with Gasteiger partial charge in [0.25, 0.3) is 5.91 Å². The maximum atomic E-state index is 13.0. The van der Waals surface area contributed by atoms with E-state index in [0.29, 0.717) is 37.5 Å². The number of imide groups is 1. The van der Waals surface area contributed by atoms with Gasteiger partial charge in [0.15, 0.2) is 0 Å². The molecule has 8 nitrogen and oxygen atoms in total. The fourth-order valence-corrected chi connectivity index (χ4v) is 5.34. The third-order valence-corrected chi connectivity index (χ3v) is 7.28. The summed E-state index contributed by atoms with van der Waals surface area (Å²) in [5.41, 5.74) is 2.26. The highest BCUT2D eigenvalue weighted by molar-refractivity contribution is 6.05. The monoisotopic (exact) mass is 412 g/mol. The molecule has 8 heteroatoms. The van der Waals surface area contributed by atoms with Gasteiger partial charge in [0, 0.05) is 38.2 Å². The van der Waals surface area contributed by atoms with Gasteiger partial charge < -0.3 is 15.3 Å². The highest BCUT2D eigenvalue weighted by atomic mass is 16.3. The molecule has 1 aromatic carbocycles. The van der Waals surface area contributed by atoms with Gasteiger partial charge in [-0.05, 0) is 55.5 Å². The summed E-state index contributed by atoms with van der Waals surface area (Å²) in [6.45, 7) is 4.44. The number of piperidine rings is 2. The zero-order valence-electron chi connectivity index (χ0n) is 17.0. The highest BCUT2D eigenvalue weighted by Crippen LogP contribution is 2.34. The summed E-state index contributed by atoms with van der Waals surface area (Å²) in [5.74, 6) is -0.424. The van der Waals surface area contributed by atoms with E-state index in [0.717, 1.165) is 43.6 Å². The maximum absolute atomic E-state index is 13.0. The molecule has 4 aliphatic rings. The lowest BCUT2D eigenvalue weighted by molar-refractivity contribution is -0.136. The van der Waals surface area contributed by atoms with Gasteiger partial charge in [0.05, 0.1) is 5.60 Å². The molecule has 3 fully saturated rings. The van der Waals surface area contributed by atoms with E-state index in [2.05, 4.69) is 21.6 Å². The van der Waals surface area contributed by atoms with Crippen LogP contribution in [0.1, 0.15) is 47.2 Å². The summed E-state index contributed by atoms with van der Waals surface area (Å²) in [6, 6.07) is 5.23. The van der Waals surface area contributed by atoms with Crippen LogP contribution in [0.3, 0.4) is 0 Å². The van der Waals surface area contributed by atoms with Gasteiger partial charge in [-0.1, -0.05) is 12.1 Å². The molecule has 0 aliphatic carbocycles. The highest BCUT2D eigenvalue weighted by Gasteiger charge is 2.43. The predicted molar refractivity (Wildman–Crippen MR) is 108 cm³/mol. The molecule has 160 valence electrons. The van der Waals surface area contributed by atoms with E-state index >= 15 is 0 Å². The average Bonchev–Trinajstić information content (AvgIpc) is 3.04. The van der Waals surface area contributed by atoms with Crippen molar-refractivity contribution in [2.24, 2.45) is 5.92 Å². The normalized spacial score (nSPS) is 27.0. The number of carbonyl (C=O) groups excluding carboxylic acids is 3. The van der Waals surface area contributed by atoms with Crippen LogP contribution < -0.4 is 10.6 Å². The van der Waals surface area contributed by atoms with Crippen LogP contribution in [0.5, 0.6) is 0 Å². The summed E-state index contributed by atoms with van der Waals surface area (Å²) in [6.07, 6.45) is 2.61. The molecule has 0 aromatic heterocycles. The average molecular weight is 412 g/mol. The first kappa shape index (κ1) is 19.7. The van der Waals surface area contributed by atoms with E-state index in [-0.39, 0.29) is 24.1 Å². The van der Waals surface area contributed by atoms with Gasteiger partial charge in [-0.15, -0.1) is 0 Å². The predicted octanol–water partition coefficient (Wildman–Crippen LogP) is -0.00610. The van der Waals surface area contributed by atoms with E-state index in [1.54, 1.807) is 4.90 Å². The molecular formula is C22H28N4O4. The number of carbonyl (C=O) groups is 3. The van der Waals surface area contributed by atoms with Crippen molar-refractivity contribution >= 4 is 17.7 Å². The molecule has 3 N–H and O–H groups in total. The van der Waals surface area contributed by atoms with E-state index in [1.807, 2.05) is 12.1 Å². The SMILES string of the molecule is O=C1CCC(N2Cc3c(CN4CCC(C5(O)CNC5)CC4)cccc3C2=O)C(=O)N1. The molecule has 5 rings (SSSR count). The third kappa shape index (κ3) is 3.33. The van der Waals surface area contributed by atoms with Crippen molar-refractivity contribution in [2.45, 2.75) is 50.4 Å². The van der Waals surface area contributed by atoms with Crippen molar-refractivity contribution < 1.29 is 19.5 Å². The van der Waals surface area contributed by atoms with Crippen LogP contribution in [-0.2, 0) is 22.7 Å². The Bertz CT molecular complexity index is 889. The second-order valence-electron chi connectivity index (χ2n) is 9.10. The molecule has 0 saturated carbocycles. The molecule has 0 bridgehead atoms. The van der Waals surface area contributed by atoms with Gasteiger partial charge in [-0.3, -0.25) is 24.6 Å². The molecule has 1 unspecified atom stereocenters. The molecule has 30 heavy (non-hydrogen) atoms. The van der Waals surface area contributed by atoms with Gasteiger partial charge in [-0.2, -0.15) is 0 Å². The number of hydrogen-bond donors (Lipinski definition) is 3. The number of benzene rings is 1. The summed E-state index contributed by atoms with van der Waals surface area (Å²) in [5, 5.41) is 16.1. The smallest absolute Gasteiger partial charge is 0.255 e. The first-order chi connectivity index (χ1) is 14.4. The fraction of sp³-hybridized carbons (Fsp3) is 0.591. The molecule has 1 aromatic rings. The van der Waals surface area contributed by atoms with Crippen molar-refractivity contribution in [2.75, 3.05) is 26.2 Å². The van der Waals surface area contributed by atoms with Crippen LogP contribution >= 0.6 is 0 Å². The Kier molecular flexibility index (Phi) is 4.88. The molecule has 4 heterocycles. The number of amides is 3. The van der Waals surface area contributed by atoms with Gasteiger partial charge in [0.2, 0.25) is 11.8 Å². The Labute approximate surface area is 175 Å². The minimum atomic E-state index is -0.581. The van der Waals surface area contributed by atoms with Crippen molar-refractivity contribution in [1.29, 1.82) is 0 Å². The number of nitrogens with zero attached hydrogens (tertiary/aromatic N) is 2. The lowest BCUT2D eigenvalue weighted by Crippen LogP contribution is -2.64. The van der Waals surface area contributed by atoms with Gasteiger partial charge >= 0.3 is 0 Å². The van der Waals surface area contributed by atoms with Crippen molar-refractivity contribution in [3.63, 3.8) is 0 Å². The number of aliphatic hydroxyl groups is 1. The number of fused-ring (bicyclic) bond motifs is 1. The lowest BCUT2D eigenvalue weighted by Gasteiger charge is -2.47. The lowest BCUT2D eigenvalue weighted by atomic mass is 9.76. The fourth-order valence-electron chi connectivity index (χ4n) is 5.34. The molecule has 3 amide bonds. The Morgan fingerprint density at radius 2 is 1.87 bits per heavy atom. The summed E-state index contributed by atoms with van der Waals surface area (Å²) >= 11 is 0. The standard InChI is InChI=1S/C22H28N4O4/c27-19-5-4-18(20(28)24-19)26-11-17-14(2-1-3-16(17)21(26)29)10-25-8-6-15(7-9-25)22(30)12-23-13-22/h1-3,15,18,23,30H,4-13H2,(H,24,27,28). The first-order valence-corrected chi connectivity index (χ1v) is 10.9. The van der Waals surface area contributed by atoms with Crippen LogP contribution in [0.4, 0.5) is 0 Å². The zero-order chi connectivity index (χ0) is 20.9. The largest absolute Gasteiger partial charge is 0.387 e. The second kappa shape index (κ2) is 7.44. The maximum Gasteiger partial charge on any atom is 0.255 e. The van der Waals surface area contributed by atoms with Crippen LogP contribution in [-0.4, -0.2) is 70.4 Å². The minimum absolute atomic E-state index is 0.125. The van der Waals surface area contributed by atoms with Crippen molar-refractivity contribution in [3.05, 3.63) is 34.9 Å². The van der Waals surface area contributed by atoms with Crippen molar-refractivity contribution in [3.8, 4) is 0 Å². The van der Waals surface area contributed by atoms with Gasteiger partial charge in [0.1, 0.15) is 6.04 Å². The Morgan fingerprint density at radius 1 is 1.10 bits per heavy atom. The Hall–Kier alpha value is -2.29. The Balaban J connectivity index is 1.27. The third-order valence-electron chi connectivity index (χ3n) is 7.28. The minimum Gasteiger partial charge on any atom is -0.387 e. The van der Waals surface area contributed by atoms with Crippen LogP contribution in [0, 0.1) is 5.92 Å². The van der Waals surface area contributed by atoms with E-state index in [9.17, 15) is 19.5 Å². The Morgan fingerprint density at radius 3 is 2.53 bits per heavy atom. The van der Waals surface area contributed by atoms with E-state index < -0.39 is 11.6 Å². The molecule has 4 aliphatic heterocycles. The topological polar surface area (TPSA) is 102 Å². The summed E-state index contributed by atoms with van der Waals surface area (Å²) in [4.78, 5) is 40.7. The number of hydrogen-bond acceptors (Lipinski definition) is 6. The summed E-state index contributed by atoms with van der Waals surface area (Å²) in [7, 11) is 0. The molecule has 0 spiro atoms. The van der Waals surface area contributed by atoms with Gasteiger partial charge in [-0.25, -0.2) is 0 Å². The first-order valence-electron chi connectivity index (χ1n) is 10.9. The molecular weight excluding hydrogens is 384 g/mol. The second-order valence-corrected chi connectivity index (χ2v) is 9.10. The van der Waals surface area contributed by atoms with Crippen LogP contribution in [0.2, 0.25) is 0 Å². The zero-order valence-corrected chi connectivity index (χ0v) is 17.0. The molecule has 3 saturated heterocycles. The van der Waals surface area contributed by atoms with Crippen LogP contribution in [0.25, 0.3) is 0 Å². The number of β-amino-alcohol motifs (C(OH)–C–C–N with tert-alkyl or cyclic N) is 1. The number of rotatable bonds is 4. The van der Waals surface area contributed by atoms with E-state index in [4.69, 9.17) is 0 Å². The number of nitrogens with one attached hydrogen (secondary N) is 2. The summed E-state index contributed by atoms with van der Waals surface area (Å²) < 4.78 is 0.